The molecule has 0 fully saturated rings. The van der Waals surface area contributed by atoms with Crippen molar-refractivity contribution in [2.75, 3.05) is 4.90 Å². The molecule has 0 spiro atoms. The SMILES string of the molecule is C=C/C=C(\C=C)C(C)NC(=O)N(/C=C/C)c1ncccc1C. The van der Waals surface area contributed by atoms with Gasteiger partial charge in [-0.1, -0.05) is 43.5 Å². The predicted octanol–water partition coefficient (Wildman–Crippen LogP) is 4.13. The van der Waals surface area contributed by atoms with Crippen molar-refractivity contribution in [3.8, 4) is 0 Å². The van der Waals surface area contributed by atoms with E-state index in [0.29, 0.717) is 5.82 Å². The molecule has 116 valence electrons. The van der Waals surface area contributed by atoms with Crippen molar-refractivity contribution < 1.29 is 4.79 Å². The number of hydrogen-bond donors (Lipinski definition) is 1. The van der Waals surface area contributed by atoms with Crippen LogP contribution in [0.25, 0.3) is 0 Å². The van der Waals surface area contributed by atoms with Crippen molar-refractivity contribution >= 4 is 11.8 Å². The minimum Gasteiger partial charge on any atom is -0.331 e. The average molecular weight is 297 g/mol. The van der Waals surface area contributed by atoms with Gasteiger partial charge in [0.25, 0.3) is 0 Å². The second-order valence-electron chi connectivity index (χ2n) is 4.77. The first-order valence-electron chi connectivity index (χ1n) is 7.14. The van der Waals surface area contributed by atoms with Crippen molar-refractivity contribution in [1.29, 1.82) is 0 Å². The third-order valence-corrected chi connectivity index (χ3v) is 3.11. The van der Waals surface area contributed by atoms with Crippen LogP contribution in [0.2, 0.25) is 0 Å². The van der Waals surface area contributed by atoms with Gasteiger partial charge < -0.3 is 5.32 Å². The van der Waals surface area contributed by atoms with Gasteiger partial charge >= 0.3 is 6.03 Å². The lowest BCUT2D eigenvalue weighted by molar-refractivity contribution is 0.246. The van der Waals surface area contributed by atoms with E-state index in [0.717, 1.165) is 11.1 Å². The first-order chi connectivity index (χ1) is 10.5. The summed E-state index contributed by atoms with van der Waals surface area (Å²) in [6, 6.07) is 3.34. The van der Waals surface area contributed by atoms with Crippen LogP contribution >= 0.6 is 0 Å². The van der Waals surface area contributed by atoms with Crippen molar-refractivity contribution in [2.24, 2.45) is 0 Å². The molecule has 0 saturated heterocycles. The van der Waals surface area contributed by atoms with Crippen molar-refractivity contribution in [2.45, 2.75) is 26.8 Å². The second kappa shape index (κ2) is 8.62. The summed E-state index contributed by atoms with van der Waals surface area (Å²) in [7, 11) is 0. The number of carbonyl (C=O) groups is 1. The zero-order chi connectivity index (χ0) is 16.5. The number of nitrogens with zero attached hydrogens (tertiary/aromatic N) is 2. The van der Waals surface area contributed by atoms with E-state index >= 15 is 0 Å². The average Bonchev–Trinajstić information content (AvgIpc) is 2.50. The molecule has 0 bridgehead atoms. The van der Waals surface area contributed by atoms with Gasteiger partial charge in [0, 0.05) is 12.4 Å². The second-order valence-corrected chi connectivity index (χ2v) is 4.77. The third kappa shape index (κ3) is 4.45. The van der Waals surface area contributed by atoms with Crippen LogP contribution in [0.3, 0.4) is 0 Å². The highest BCUT2D eigenvalue weighted by atomic mass is 16.2. The summed E-state index contributed by atoms with van der Waals surface area (Å²) in [5.74, 6) is 0.609. The van der Waals surface area contributed by atoms with Crippen LogP contribution in [0, 0.1) is 6.92 Å². The van der Waals surface area contributed by atoms with Gasteiger partial charge in [-0.25, -0.2) is 9.78 Å². The lowest BCUT2D eigenvalue weighted by Crippen LogP contribution is -2.42. The predicted molar refractivity (Wildman–Crippen MR) is 92.7 cm³/mol. The molecular formula is C18H23N3O. The molecule has 1 N–H and O–H groups in total. The Bertz CT molecular complexity index is 602. The van der Waals surface area contributed by atoms with Gasteiger partial charge in [-0.3, -0.25) is 4.90 Å². The number of urea groups is 1. The van der Waals surface area contributed by atoms with E-state index in [-0.39, 0.29) is 12.1 Å². The Labute approximate surface area is 132 Å². The molecule has 0 aliphatic rings. The number of aromatic nitrogens is 1. The summed E-state index contributed by atoms with van der Waals surface area (Å²) in [5.41, 5.74) is 1.82. The fraction of sp³-hybridized carbons (Fsp3) is 0.222. The zero-order valence-corrected chi connectivity index (χ0v) is 13.4. The molecule has 22 heavy (non-hydrogen) atoms. The number of allylic oxidation sites excluding steroid dienone is 3. The number of nitrogens with one attached hydrogen (secondary N) is 1. The fourth-order valence-corrected chi connectivity index (χ4v) is 1.98. The molecule has 2 amide bonds. The number of aryl methyl sites for hydroxylation is 1. The molecule has 0 aromatic carbocycles. The van der Waals surface area contributed by atoms with Gasteiger partial charge in [-0.2, -0.15) is 0 Å². The highest BCUT2D eigenvalue weighted by Crippen LogP contribution is 2.17. The Morgan fingerprint density at radius 2 is 2.18 bits per heavy atom. The van der Waals surface area contributed by atoms with Gasteiger partial charge in [-0.05, 0) is 38.0 Å². The van der Waals surface area contributed by atoms with E-state index < -0.39 is 0 Å². The number of pyridine rings is 1. The number of carbonyl (C=O) groups excluding carboxylic acids is 1. The van der Waals surface area contributed by atoms with Crippen LogP contribution in [0.15, 0.2) is 67.6 Å². The standard InChI is InChI=1S/C18H23N3O/c1-6-10-16(8-3)15(5)20-18(22)21(13-7-2)17-14(4)11-9-12-19-17/h6-13,15H,1,3H2,2,4-5H3,(H,20,22)/b13-7+,16-10+. The molecule has 1 aromatic rings. The molecular weight excluding hydrogens is 274 g/mol. The summed E-state index contributed by atoms with van der Waals surface area (Å²) in [6.45, 7) is 13.1. The normalized spacial score (nSPS) is 12.8. The molecule has 0 aliphatic heterocycles. The van der Waals surface area contributed by atoms with Crippen LogP contribution in [-0.2, 0) is 0 Å². The van der Waals surface area contributed by atoms with Crippen LogP contribution in [0.4, 0.5) is 10.6 Å². The smallest absolute Gasteiger partial charge is 0.327 e. The first kappa shape index (κ1) is 17.4. The van der Waals surface area contributed by atoms with Crippen LogP contribution in [-0.4, -0.2) is 17.1 Å². The van der Waals surface area contributed by atoms with Crippen LogP contribution in [0.5, 0.6) is 0 Å². The van der Waals surface area contributed by atoms with Gasteiger partial charge in [0.2, 0.25) is 0 Å². The molecule has 1 heterocycles. The van der Waals surface area contributed by atoms with E-state index in [2.05, 4.69) is 23.5 Å². The maximum absolute atomic E-state index is 12.6. The fourth-order valence-electron chi connectivity index (χ4n) is 1.98. The minimum atomic E-state index is -0.246. The monoisotopic (exact) mass is 297 g/mol. The molecule has 4 nitrogen and oxygen atoms in total. The maximum atomic E-state index is 12.6. The third-order valence-electron chi connectivity index (χ3n) is 3.11. The topological polar surface area (TPSA) is 45.2 Å². The van der Waals surface area contributed by atoms with E-state index in [1.54, 1.807) is 30.6 Å². The molecule has 0 saturated carbocycles. The zero-order valence-electron chi connectivity index (χ0n) is 13.4. The molecule has 1 aromatic heterocycles. The maximum Gasteiger partial charge on any atom is 0.327 e. The van der Waals surface area contributed by atoms with E-state index in [9.17, 15) is 4.79 Å². The number of anilines is 1. The van der Waals surface area contributed by atoms with E-state index in [4.69, 9.17) is 0 Å². The van der Waals surface area contributed by atoms with Gasteiger partial charge in [0.05, 0.1) is 6.04 Å². The molecule has 0 radical (unpaired) electrons. The summed E-state index contributed by atoms with van der Waals surface area (Å²) >= 11 is 0. The molecule has 0 aliphatic carbocycles. The highest BCUT2D eigenvalue weighted by molar-refractivity contribution is 5.93. The Morgan fingerprint density at radius 1 is 1.45 bits per heavy atom. The quantitative estimate of drug-likeness (QED) is 0.803. The molecule has 1 unspecified atom stereocenters. The molecule has 4 heteroatoms. The summed E-state index contributed by atoms with van der Waals surface area (Å²) < 4.78 is 0. The Balaban J connectivity index is 3.01. The lowest BCUT2D eigenvalue weighted by atomic mass is 10.1. The van der Waals surface area contributed by atoms with Crippen LogP contribution < -0.4 is 10.2 Å². The van der Waals surface area contributed by atoms with E-state index in [1.807, 2.05) is 39.0 Å². The Hall–Kier alpha value is -2.62. The largest absolute Gasteiger partial charge is 0.331 e. The number of hydrogen-bond acceptors (Lipinski definition) is 2. The van der Waals surface area contributed by atoms with Gasteiger partial charge in [0.15, 0.2) is 0 Å². The Morgan fingerprint density at radius 3 is 2.73 bits per heavy atom. The lowest BCUT2D eigenvalue weighted by Gasteiger charge is -2.23. The van der Waals surface area contributed by atoms with Gasteiger partial charge in [-0.15, -0.1) is 0 Å². The van der Waals surface area contributed by atoms with Gasteiger partial charge in [0.1, 0.15) is 5.82 Å². The molecule has 1 rings (SSSR count). The van der Waals surface area contributed by atoms with Crippen molar-refractivity contribution in [3.63, 3.8) is 0 Å². The number of amides is 2. The first-order valence-corrected chi connectivity index (χ1v) is 7.14. The summed E-state index contributed by atoms with van der Waals surface area (Å²) in [4.78, 5) is 18.3. The highest BCUT2D eigenvalue weighted by Gasteiger charge is 2.18. The van der Waals surface area contributed by atoms with Crippen LogP contribution in [0.1, 0.15) is 19.4 Å². The molecule has 1 atom stereocenters. The number of rotatable bonds is 6. The van der Waals surface area contributed by atoms with Crippen molar-refractivity contribution in [3.05, 3.63) is 73.1 Å². The Kier molecular flexibility index (Phi) is 6.83. The summed E-state index contributed by atoms with van der Waals surface area (Å²) in [6.07, 6.45) is 10.4. The minimum absolute atomic E-state index is 0.181. The van der Waals surface area contributed by atoms with Crippen molar-refractivity contribution in [1.82, 2.24) is 10.3 Å². The summed E-state index contributed by atoms with van der Waals surface area (Å²) in [5, 5.41) is 2.93. The van der Waals surface area contributed by atoms with E-state index in [1.165, 1.54) is 4.90 Å².